The van der Waals surface area contributed by atoms with Crippen molar-refractivity contribution in [2.24, 2.45) is 11.3 Å². The highest BCUT2D eigenvalue weighted by Crippen LogP contribution is 2.26. The molecule has 0 saturated carbocycles. The number of rotatable bonds is 6. The van der Waals surface area contributed by atoms with Gasteiger partial charge in [0.15, 0.2) is 0 Å². The van der Waals surface area contributed by atoms with Crippen LogP contribution in [0.5, 0.6) is 0 Å². The lowest BCUT2D eigenvalue weighted by molar-refractivity contribution is 0.250. The Morgan fingerprint density at radius 2 is 1.79 bits per heavy atom. The maximum atomic E-state index is 11.0. The minimum atomic E-state index is -3.94. The molecule has 1 aromatic carbocycles. The highest BCUT2D eigenvalue weighted by atomic mass is 32.2. The van der Waals surface area contributed by atoms with Crippen LogP contribution in [-0.2, 0) is 16.7 Å². The fourth-order valence-electron chi connectivity index (χ4n) is 1.86. The molecule has 0 saturated heterocycles. The van der Waals surface area contributed by atoms with Crippen molar-refractivity contribution in [3.05, 3.63) is 35.9 Å². The number of benzene rings is 1. The fourth-order valence-corrected chi connectivity index (χ4v) is 2.98. The van der Waals surface area contributed by atoms with Crippen molar-refractivity contribution >= 4 is 10.1 Å². The summed E-state index contributed by atoms with van der Waals surface area (Å²) in [6.07, 6.45) is 0. The molecular formula is C14H23NO3S. The van der Waals surface area contributed by atoms with Gasteiger partial charge in [-0.15, -0.1) is 0 Å². The zero-order valence-corrected chi connectivity index (χ0v) is 12.6. The van der Waals surface area contributed by atoms with E-state index in [4.69, 9.17) is 4.55 Å². The van der Waals surface area contributed by atoms with E-state index in [1.54, 1.807) is 0 Å². The van der Waals surface area contributed by atoms with Crippen LogP contribution in [0.4, 0.5) is 0 Å². The van der Waals surface area contributed by atoms with E-state index in [0.29, 0.717) is 13.1 Å². The van der Waals surface area contributed by atoms with Gasteiger partial charge in [-0.05, 0) is 23.4 Å². The molecule has 0 aromatic heterocycles. The first kappa shape index (κ1) is 16.1. The summed E-state index contributed by atoms with van der Waals surface area (Å²) in [6.45, 7) is 7.18. The average Bonchev–Trinajstić information content (AvgIpc) is 2.26. The summed E-state index contributed by atoms with van der Waals surface area (Å²) in [5, 5.41) is 3.26. The summed E-state index contributed by atoms with van der Waals surface area (Å²) in [6, 6.07) is 9.93. The van der Waals surface area contributed by atoms with Crippen molar-refractivity contribution in [3.63, 3.8) is 0 Å². The molecule has 5 heteroatoms. The van der Waals surface area contributed by atoms with Crippen molar-refractivity contribution in [3.8, 4) is 0 Å². The molecule has 19 heavy (non-hydrogen) atoms. The molecule has 0 radical (unpaired) electrons. The largest absolute Gasteiger partial charge is 0.312 e. The summed E-state index contributed by atoms with van der Waals surface area (Å²) >= 11 is 0. The third-order valence-corrected chi connectivity index (χ3v) is 4.02. The Balaban J connectivity index is 2.55. The number of nitrogens with one attached hydrogen (secondary N) is 1. The molecular weight excluding hydrogens is 262 g/mol. The van der Waals surface area contributed by atoms with Crippen LogP contribution >= 0.6 is 0 Å². The van der Waals surface area contributed by atoms with Crippen LogP contribution in [0, 0.1) is 11.3 Å². The molecule has 0 fully saturated rings. The fraction of sp³-hybridized carbons (Fsp3) is 0.571. The molecule has 1 unspecified atom stereocenters. The van der Waals surface area contributed by atoms with Crippen LogP contribution in [0.3, 0.4) is 0 Å². The first-order valence-electron chi connectivity index (χ1n) is 6.38. The van der Waals surface area contributed by atoms with Gasteiger partial charge in [-0.3, -0.25) is 4.55 Å². The molecule has 0 aliphatic carbocycles. The van der Waals surface area contributed by atoms with Gasteiger partial charge in [0, 0.05) is 6.54 Å². The average molecular weight is 285 g/mol. The Morgan fingerprint density at radius 3 is 2.26 bits per heavy atom. The van der Waals surface area contributed by atoms with E-state index in [1.165, 1.54) is 0 Å². The maximum Gasteiger partial charge on any atom is 0.265 e. The van der Waals surface area contributed by atoms with Gasteiger partial charge in [0.25, 0.3) is 10.1 Å². The zero-order chi connectivity index (χ0) is 14.5. The minimum Gasteiger partial charge on any atom is -0.312 e. The molecule has 4 nitrogen and oxygen atoms in total. The Hall–Kier alpha value is -0.910. The number of hydrogen-bond acceptors (Lipinski definition) is 3. The van der Waals surface area contributed by atoms with Crippen molar-refractivity contribution in [2.75, 3.05) is 12.3 Å². The van der Waals surface area contributed by atoms with Crippen molar-refractivity contribution in [1.29, 1.82) is 0 Å². The topological polar surface area (TPSA) is 66.4 Å². The van der Waals surface area contributed by atoms with Gasteiger partial charge in [0.2, 0.25) is 0 Å². The second-order valence-electron chi connectivity index (χ2n) is 5.93. The van der Waals surface area contributed by atoms with E-state index in [2.05, 4.69) is 5.32 Å². The van der Waals surface area contributed by atoms with Crippen LogP contribution < -0.4 is 5.32 Å². The predicted molar refractivity (Wildman–Crippen MR) is 77.5 cm³/mol. The Labute approximate surface area is 116 Å². The highest BCUT2D eigenvalue weighted by molar-refractivity contribution is 7.85. The molecule has 0 heterocycles. The Bertz CT molecular complexity index is 477. The zero-order valence-electron chi connectivity index (χ0n) is 11.8. The third kappa shape index (κ3) is 6.71. The normalized spacial score (nSPS) is 14.3. The molecule has 1 aromatic rings. The van der Waals surface area contributed by atoms with Gasteiger partial charge in [0.1, 0.15) is 0 Å². The minimum absolute atomic E-state index is 0.133. The maximum absolute atomic E-state index is 11.0. The summed E-state index contributed by atoms with van der Waals surface area (Å²) < 4.78 is 31.1. The van der Waals surface area contributed by atoms with Crippen molar-refractivity contribution in [1.82, 2.24) is 5.32 Å². The second-order valence-corrected chi connectivity index (χ2v) is 7.43. The molecule has 0 aliphatic heterocycles. The van der Waals surface area contributed by atoms with Crippen LogP contribution in [0.25, 0.3) is 0 Å². The van der Waals surface area contributed by atoms with Gasteiger partial charge >= 0.3 is 0 Å². The van der Waals surface area contributed by atoms with Crippen molar-refractivity contribution < 1.29 is 13.0 Å². The standard InChI is InChI=1S/C14H23NO3S/c1-14(2,3)13(11-19(16,17)18)10-15-9-12-7-5-4-6-8-12/h4-8,13,15H,9-11H2,1-3H3,(H,16,17,18). The van der Waals surface area contributed by atoms with Gasteiger partial charge in [-0.25, -0.2) is 0 Å². The molecule has 0 aliphatic rings. The lowest BCUT2D eigenvalue weighted by Gasteiger charge is -2.30. The second kappa shape index (κ2) is 6.50. The van der Waals surface area contributed by atoms with E-state index >= 15 is 0 Å². The third-order valence-electron chi connectivity index (χ3n) is 3.20. The van der Waals surface area contributed by atoms with Gasteiger partial charge in [-0.2, -0.15) is 8.42 Å². The van der Waals surface area contributed by atoms with E-state index in [0.717, 1.165) is 5.56 Å². The van der Waals surface area contributed by atoms with E-state index in [9.17, 15) is 8.42 Å². The molecule has 0 spiro atoms. The molecule has 1 rings (SSSR count). The van der Waals surface area contributed by atoms with Gasteiger partial charge in [0.05, 0.1) is 5.75 Å². The summed E-state index contributed by atoms with van der Waals surface area (Å²) in [5.41, 5.74) is 0.974. The molecule has 0 amide bonds. The highest BCUT2D eigenvalue weighted by Gasteiger charge is 2.28. The van der Waals surface area contributed by atoms with Crippen LogP contribution in [0.1, 0.15) is 26.3 Å². The SMILES string of the molecule is CC(C)(C)C(CNCc1ccccc1)CS(=O)(=O)O. The molecule has 108 valence electrons. The smallest absolute Gasteiger partial charge is 0.265 e. The first-order valence-corrected chi connectivity index (χ1v) is 7.99. The van der Waals surface area contributed by atoms with Crippen LogP contribution in [0.2, 0.25) is 0 Å². The lowest BCUT2D eigenvalue weighted by Crippen LogP contribution is -2.36. The molecule has 1 atom stereocenters. The Kier molecular flexibility index (Phi) is 5.52. The summed E-state index contributed by atoms with van der Waals surface area (Å²) in [4.78, 5) is 0. The Morgan fingerprint density at radius 1 is 1.21 bits per heavy atom. The molecule has 2 N–H and O–H groups in total. The summed E-state index contributed by atoms with van der Waals surface area (Å²) in [5.74, 6) is -0.343. The van der Waals surface area contributed by atoms with E-state index in [1.807, 2.05) is 51.1 Å². The van der Waals surface area contributed by atoms with Gasteiger partial charge in [-0.1, -0.05) is 51.1 Å². The quantitative estimate of drug-likeness (QED) is 0.787. The number of hydrogen-bond donors (Lipinski definition) is 2. The monoisotopic (exact) mass is 285 g/mol. The molecule has 0 bridgehead atoms. The summed E-state index contributed by atoms with van der Waals surface area (Å²) in [7, 11) is -3.94. The van der Waals surface area contributed by atoms with E-state index in [-0.39, 0.29) is 17.1 Å². The lowest BCUT2D eigenvalue weighted by atomic mass is 9.82. The predicted octanol–water partition coefficient (Wildman–Crippen LogP) is 2.33. The van der Waals surface area contributed by atoms with Crippen molar-refractivity contribution in [2.45, 2.75) is 27.3 Å². The van der Waals surface area contributed by atoms with E-state index < -0.39 is 10.1 Å². The van der Waals surface area contributed by atoms with Crippen LogP contribution in [0.15, 0.2) is 30.3 Å². The van der Waals surface area contributed by atoms with Gasteiger partial charge < -0.3 is 5.32 Å². The first-order chi connectivity index (χ1) is 8.68. The van der Waals surface area contributed by atoms with Crippen LogP contribution in [-0.4, -0.2) is 25.3 Å².